The van der Waals surface area contributed by atoms with Gasteiger partial charge in [0.05, 0.1) is 7.11 Å². The van der Waals surface area contributed by atoms with E-state index in [1.54, 1.807) is 13.2 Å². The van der Waals surface area contributed by atoms with E-state index in [2.05, 4.69) is 27.1 Å². The number of methoxy groups -OCH3 is 1. The molecule has 0 aliphatic carbocycles. The molecule has 1 aliphatic heterocycles. The number of fused-ring (bicyclic) bond motifs is 3. The lowest BCUT2D eigenvalue weighted by Gasteiger charge is -2.15. The molecule has 1 unspecified atom stereocenters. The number of hydrogen-bond acceptors (Lipinski definition) is 7. The summed E-state index contributed by atoms with van der Waals surface area (Å²) in [6, 6.07) is 15.7. The maximum atomic E-state index is 6.15. The molecule has 1 N–H and O–H groups in total. The summed E-state index contributed by atoms with van der Waals surface area (Å²) in [6.07, 6.45) is 5.34. The van der Waals surface area contributed by atoms with Crippen LogP contribution in [0.25, 0.3) is 17.3 Å². The van der Waals surface area contributed by atoms with Gasteiger partial charge in [-0.2, -0.15) is 4.98 Å². The molecule has 29 heavy (non-hydrogen) atoms. The first-order valence-electron chi connectivity index (χ1n) is 9.10. The van der Waals surface area contributed by atoms with Crippen molar-refractivity contribution in [1.82, 2.24) is 15.2 Å². The van der Waals surface area contributed by atoms with Gasteiger partial charge < -0.3 is 14.8 Å². The third-order valence-corrected chi connectivity index (χ3v) is 5.10. The monoisotopic (exact) mass is 404 g/mol. The van der Waals surface area contributed by atoms with Crippen LogP contribution in [0, 0.1) is 0 Å². The normalized spacial score (nSPS) is 14.9. The van der Waals surface area contributed by atoms with Crippen LogP contribution in [-0.4, -0.2) is 34.3 Å². The fourth-order valence-electron chi connectivity index (χ4n) is 2.86. The number of anilines is 1. The zero-order valence-electron chi connectivity index (χ0n) is 15.9. The van der Waals surface area contributed by atoms with Gasteiger partial charge in [0.15, 0.2) is 11.9 Å². The van der Waals surface area contributed by atoms with Gasteiger partial charge in [0.25, 0.3) is 0 Å². The fourth-order valence-corrected chi connectivity index (χ4v) is 3.38. The number of ether oxygens (including phenoxy) is 2. The lowest BCUT2D eigenvalue weighted by Crippen LogP contribution is -2.23. The maximum absolute atomic E-state index is 6.15. The number of rotatable bonds is 6. The van der Waals surface area contributed by atoms with Crippen LogP contribution >= 0.6 is 11.8 Å². The quantitative estimate of drug-likeness (QED) is 0.473. The zero-order chi connectivity index (χ0) is 20.1. The predicted molar refractivity (Wildman–Crippen MR) is 116 cm³/mol. The number of hydrogen-bond donors (Lipinski definition) is 1. The SMILES string of the molecule is C=CCSc1nnc2c(n1)OC(C=Cc1ccc(OC)cc1)Nc1ccccc1-2. The lowest BCUT2D eigenvalue weighted by atomic mass is 10.1. The number of para-hydroxylation sites is 1. The van der Waals surface area contributed by atoms with Crippen LogP contribution in [0.3, 0.4) is 0 Å². The van der Waals surface area contributed by atoms with Crippen molar-refractivity contribution in [3.05, 3.63) is 72.8 Å². The number of nitrogens with one attached hydrogen (secondary N) is 1. The molecule has 1 aromatic heterocycles. The van der Waals surface area contributed by atoms with Crippen LogP contribution in [0.15, 0.2) is 72.4 Å². The third-order valence-electron chi connectivity index (χ3n) is 4.26. The number of benzene rings is 2. The highest BCUT2D eigenvalue weighted by molar-refractivity contribution is 7.99. The Morgan fingerprint density at radius 3 is 2.79 bits per heavy atom. The highest BCUT2D eigenvalue weighted by atomic mass is 32.2. The van der Waals surface area contributed by atoms with E-state index in [0.717, 1.165) is 22.6 Å². The van der Waals surface area contributed by atoms with Crippen molar-refractivity contribution in [3.8, 4) is 22.9 Å². The Labute approximate surface area is 173 Å². The Morgan fingerprint density at radius 1 is 1.17 bits per heavy atom. The summed E-state index contributed by atoms with van der Waals surface area (Å²) in [5, 5.41) is 12.5. The molecule has 1 aliphatic rings. The number of thioether (sulfide) groups is 1. The molecule has 2 heterocycles. The second kappa shape index (κ2) is 8.79. The minimum atomic E-state index is -0.409. The summed E-state index contributed by atoms with van der Waals surface area (Å²) in [6.45, 7) is 3.73. The molecule has 0 amide bonds. The zero-order valence-corrected chi connectivity index (χ0v) is 16.7. The van der Waals surface area contributed by atoms with Crippen LogP contribution < -0.4 is 14.8 Å². The van der Waals surface area contributed by atoms with Gasteiger partial charge in [0.1, 0.15) is 5.75 Å². The Hall–Kier alpha value is -3.32. The summed E-state index contributed by atoms with van der Waals surface area (Å²) < 4.78 is 11.4. The van der Waals surface area contributed by atoms with Crippen molar-refractivity contribution in [2.45, 2.75) is 11.4 Å². The van der Waals surface area contributed by atoms with E-state index in [-0.39, 0.29) is 0 Å². The van der Waals surface area contributed by atoms with Crippen molar-refractivity contribution in [3.63, 3.8) is 0 Å². The molecule has 6 nitrogen and oxygen atoms in total. The van der Waals surface area contributed by atoms with Crippen molar-refractivity contribution in [1.29, 1.82) is 0 Å². The number of nitrogens with zero attached hydrogens (tertiary/aromatic N) is 3. The van der Waals surface area contributed by atoms with E-state index >= 15 is 0 Å². The summed E-state index contributed by atoms with van der Waals surface area (Å²) in [5.41, 5.74) is 3.48. The van der Waals surface area contributed by atoms with Crippen molar-refractivity contribution < 1.29 is 9.47 Å². The van der Waals surface area contributed by atoms with Crippen molar-refractivity contribution in [2.24, 2.45) is 0 Å². The summed E-state index contributed by atoms with van der Waals surface area (Å²) in [5.74, 6) is 1.98. The molecule has 0 spiro atoms. The second-order valence-corrected chi connectivity index (χ2v) is 7.20. The first-order valence-corrected chi connectivity index (χ1v) is 10.1. The average Bonchev–Trinajstić information content (AvgIpc) is 2.92. The molecule has 3 aromatic rings. The van der Waals surface area contributed by atoms with E-state index in [0.29, 0.717) is 22.5 Å². The van der Waals surface area contributed by atoms with E-state index < -0.39 is 6.23 Å². The minimum Gasteiger partial charge on any atom is -0.497 e. The molecule has 4 rings (SSSR count). The molecular weight excluding hydrogens is 384 g/mol. The molecule has 2 aromatic carbocycles. The molecule has 0 radical (unpaired) electrons. The second-order valence-electron chi connectivity index (χ2n) is 6.21. The van der Waals surface area contributed by atoms with Crippen LogP contribution in [0.5, 0.6) is 11.6 Å². The topological polar surface area (TPSA) is 69.2 Å². The Bertz CT molecular complexity index is 1040. The van der Waals surface area contributed by atoms with Gasteiger partial charge in [-0.1, -0.05) is 54.2 Å². The highest BCUT2D eigenvalue weighted by Crippen LogP contribution is 2.36. The average molecular weight is 404 g/mol. The smallest absolute Gasteiger partial charge is 0.247 e. The third kappa shape index (κ3) is 4.41. The molecule has 0 fully saturated rings. The molecule has 0 bridgehead atoms. The largest absolute Gasteiger partial charge is 0.497 e. The van der Waals surface area contributed by atoms with Gasteiger partial charge in [-0.25, -0.2) is 0 Å². The van der Waals surface area contributed by atoms with Gasteiger partial charge in [-0.05, 0) is 29.8 Å². The molecule has 146 valence electrons. The van der Waals surface area contributed by atoms with Crippen LogP contribution in [-0.2, 0) is 0 Å². The van der Waals surface area contributed by atoms with Crippen LogP contribution in [0.1, 0.15) is 5.56 Å². The van der Waals surface area contributed by atoms with Gasteiger partial charge in [-0.3, -0.25) is 0 Å². The predicted octanol–water partition coefficient (Wildman–Crippen LogP) is 4.67. The Balaban J connectivity index is 1.65. The highest BCUT2D eigenvalue weighted by Gasteiger charge is 2.23. The summed E-state index contributed by atoms with van der Waals surface area (Å²) >= 11 is 1.46. The maximum Gasteiger partial charge on any atom is 0.247 e. The molecule has 1 atom stereocenters. The molecule has 0 saturated carbocycles. The first-order chi connectivity index (χ1) is 14.3. The van der Waals surface area contributed by atoms with Gasteiger partial charge in [0.2, 0.25) is 11.0 Å². The van der Waals surface area contributed by atoms with E-state index in [9.17, 15) is 0 Å². The molecule has 0 saturated heterocycles. The fraction of sp³-hybridized carbons (Fsp3) is 0.136. The van der Waals surface area contributed by atoms with Gasteiger partial charge in [-0.15, -0.1) is 16.8 Å². The lowest BCUT2D eigenvalue weighted by molar-refractivity contribution is 0.266. The minimum absolute atomic E-state index is 0.409. The van der Waals surface area contributed by atoms with Crippen molar-refractivity contribution >= 4 is 23.5 Å². The van der Waals surface area contributed by atoms with E-state index in [1.165, 1.54) is 11.8 Å². The molecular formula is C22H20N4O2S. The molecule has 7 heteroatoms. The standard InChI is InChI=1S/C22H20N4O2S/c1-3-14-29-22-24-21-20(25-26-22)17-6-4-5-7-18(17)23-19(28-21)13-10-15-8-11-16(27-2)12-9-15/h3-13,19,23H,1,14H2,2H3. The van der Waals surface area contributed by atoms with Gasteiger partial charge in [0, 0.05) is 17.0 Å². The Morgan fingerprint density at radius 2 is 2.00 bits per heavy atom. The van der Waals surface area contributed by atoms with Crippen LogP contribution in [0.4, 0.5) is 5.69 Å². The number of aromatic nitrogens is 3. The summed E-state index contributed by atoms with van der Waals surface area (Å²) in [7, 11) is 1.65. The van der Waals surface area contributed by atoms with Crippen molar-refractivity contribution in [2.75, 3.05) is 18.2 Å². The Kier molecular flexibility index (Phi) is 5.76. The van der Waals surface area contributed by atoms with E-state index in [1.807, 2.05) is 60.7 Å². The summed E-state index contributed by atoms with van der Waals surface area (Å²) in [4.78, 5) is 4.57. The van der Waals surface area contributed by atoms with Gasteiger partial charge >= 0.3 is 0 Å². The van der Waals surface area contributed by atoms with E-state index in [4.69, 9.17) is 9.47 Å². The first kappa shape index (κ1) is 19.0. The van der Waals surface area contributed by atoms with Crippen LogP contribution in [0.2, 0.25) is 0 Å².